The van der Waals surface area contributed by atoms with Crippen LogP contribution in [0.2, 0.25) is 0 Å². The summed E-state index contributed by atoms with van der Waals surface area (Å²) < 4.78 is 14.5. The SMILES string of the molecule is CC1(C)OB(c2cc(-n3cccn3)ccc2C2CC2)OC1(C)C. The summed E-state index contributed by atoms with van der Waals surface area (Å²) in [7, 11) is -0.314. The lowest BCUT2D eigenvalue weighted by atomic mass is 9.74. The van der Waals surface area contributed by atoms with E-state index in [9.17, 15) is 0 Å². The minimum atomic E-state index is -0.319. The van der Waals surface area contributed by atoms with Gasteiger partial charge in [-0.05, 0) is 75.7 Å². The largest absolute Gasteiger partial charge is 0.495 e. The highest BCUT2D eigenvalue weighted by Crippen LogP contribution is 2.42. The third-order valence-corrected chi connectivity index (χ3v) is 5.36. The molecule has 120 valence electrons. The van der Waals surface area contributed by atoms with Gasteiger partial charge in [-0.2, -0.15) is 5.10 Å². The van der Waals surface area contributed by atoms with Gasteiger partial charge in [-0.15, -0.1) is 0 Å². The molecular weight excluding hydrogens is 287 g/mol. The van der Waals surface area contributed by atoms with Crippen molar-refractivity contribution in [2.45, 2.75) is 57.7 Å². The number of hydrogen-bond donors (Lipinski definition) is 0. The van der Waals surface area contributed by atoms with Crippen molar-refractivity contribution >= 4 is 12.6 Å². The minimum absolute atomic E-state index is 0.314. The van der Waals surface area contributed by atoms with Crippen molar-refractivity contribution < 1.29 is 9.31 Å². The summed E-state index contributed by atoms with van der Waals surface area (Å²) in [6, 6.07) is 8.45. The highest BCUT2D eigenvalue weighted by atomic mass is 16.7. The lowest BCUT2D eigenvalue weighted by molar-refractivity contribution is 0.00578. The van der Waals surface area contributed by atoms with E-state index in [0.29, 0.717) is 5.92 Å². The average molecular weight is 310 g/mol. The Hall–Kier alpha value is -1.59. The summed E-state index contributed by atoms with van der Waals surface area (Å²) in [5, 5.41) is 4.34. The first-order valence-corrected chi connectivity index (χ1v) is 8.37. The molecule has 0 N–H and O–H groups in total. The molecule has 0 amide bonds. The normalized spacial score (nSPS) is 22.5. The molecule has 0 unspecified atom stereocenters. The molecule has 0 bridgehead atoms. The van der Waals surface area contributed by atoms with Crippen LogP contribution in [0, 0.1) is 0 Å². The van der Waals surface area contributed by atoms with Crippen molar-refractivity contribution in [3.8, 4) is 5.69 Å². The van der Waals surface area contributed by atoms with Gasteiger partial charge < -0.3 is 9.31 Å². The van der Waals surface area contributed by atoms with Gasteiger partial charge in [0.2, 0.25) is 0 Å². The van der Waals surface area contributed by atoms with Crippen LogP contribution in [0.3, 0.4) is 0 Å². The van der Waals surface area contributed by atoms with Gasteiger partial charge in [-0.1, -0.05) is 6.07 Å². The number of benzene rings is 1. The van der Waals surface area contributed by atoms with Crippen LogP contribution in [-0.4, -0.2) is 28.1 Å². The summed E-state index contributed by atoms with van der Waals surface area (Å²) in [6.45, 7) is 8.39. The van der Waals surface area contributed by atoms with E-state index in [0.717, 1.165) is 11.2 Å². The fraction of sp³-hybridized carbons (Fsp3) is 0.500. The van der Waals surface area contributed by atoms with Gasteiger partial charge in [-0.3, -0.25) is 0 Å². The van der Waals surface area contributed by atoms with Crippen LogP contribution in [0.5, 0.6) is 0 Å². The monoisotopic (exact) mass is 310 g/mol. The molecule has 4 nitrogen and oxygen atoms in total. The van der Waals surface area contributed by atoms with Crippen molar-refractivity contribution in [2.75, 3.05) is 0 Å². The van der Waals surface area contributed by atoms with Crippen molar-refractivity contribution in [1.82, 2.24) is 9.78 Å². The number of nitrogens with zero attached hydrogens (tertiary/aromatic N) is 2. The molecule has 1 saturated heterocycles. The summed E-state index contributed by atoms with van der Waals surface area (Å²) in [5.41, 5.74) is 2.92. The number of rotatable bonds is 3. The van der Waals surface area contributed by atoms with Crippen LogP contribution in [0.4, 0.5) is 0 Å². The van der Waals surface area contributed by atoms with Gasteiger partial charge in [-0.25, -0.2) is 4.68 Å². The maximum atomic E-state index is 6.29. The van der Waals surface area contributed by atoms with Crippen molar-refractivity contribution in [3.05, 3.63) is 42.2 Å². The molecule has 5 heteroatoms. The smallest absolute Gasteiger partial charge is 0.399 e. The van der Waals surface area contributed by atoms with Crippen LogP contribution in [0.15, 0.2) is 36.7 Å². The zero-order valence-corrected chi connectivity index (χ0v) is 14.2. The van der Waals surface area contributed by atoms with Gasteiger partial charge in [0.15, 0.2) is 0 Å². The molecule has 2 aromatic rings. The van der Waals surface area contributed by atoms with E-state index in [-0.39, 0.29) is 18.3 Å². The Balaban J connectivity index is 1.76. The molecule has 0 radical (unpaired) electrons. The predicted molar refractivity (Wildman–Crippen MR) is 91.3 cm³/mol. The third kappa shape index (κ3) is 2.52. The second-order valence-electron chi connectivity index (χ2n) is 7.63. The molecular formula is C18H23BN2O2. The maximum Gasteiger partial charge on any atom is 0.495 e. The number of hydrogen-bond acceptors (Lipinski definition) is 3. The van der Waals surface area contributed by atoms with Crippen LogP contribution in [-0.2, 0) is 9.31 Å². The standard InChI is InChI=1S/C18H23BN2O2/c1-17(2)18(3,4)23-19(22-17)16-12-14(21-11-5-10-20-21)8-9-15(16)13-6-7-13/h5,8-13H,6-7H2,1-4H3. The van der Waals surface area contributed by atoms with E-state index in [4.69, 9.17) is 9.31 Å². The molecule has 1 aliphatic carbocycles. The lowest BCUT2D eigenvalue weighted by Gasteiger charge is -2.32. The summed E-state index contributed by atoms with van der Waals surface area (Å²) in [6.07, 6.45) is 6.27. The van der Waals surface area contributed by atoms with Gasteiger partial charge >= 0.3 is 7.12 Å². The molecule has 4 rings (SSSR count). The Morgan fingerprint density at radius 2 is 1.83 bits per heavy atom. The van der Waals surface area contributed by atoms with Crippen molar-refractivity contribution in [3.63, 3.8) is 0 Å². The molecule has 1 aromatic carbocycles. The zero-order valence-electron chi connectivity index (χ0n) is 14.2. The molecule has 23 heavy (non-hydrogen) atoms. The molecule has 1 aliphatic heterocycles. The van der Waals surface area contributed by atoms with E-state index in [1.807, 2.05) is 16.9 Å². The Morgan fingerprint density at radius 3 is 2.39 bits per heavy atom. The van der Waals surface area contributed by atoms with E-state index >= 15 is 0 Å². The maximum absolute atomic E-state index is 6.29. The van der Waals surface area contributed by atoms with E-state index in [1.165, 1.54) is 18.4 Å². The minimum Gasteiger partial charge on any atom is -0.399 e. The van der Waals surface area contributed by atoms with Crippen LogP contribution in [0.25, 0.3) is 5.69 Å². The van der Waals surface area contributed by atoms with E-state index in [2.05, 4.69) is 51.0 Å². The second kappa shape index (κ2) is 4.95. The molecule has 1 saturated carbocycles. The first-order chi connectivity index (χ1) is 10.9. The summed E-state index contributed by atoms with van der Waals surface area (Å²) in [5.74, 6) is 0.649. The number of aromatic nitrogens is 2. The average Bonchev–Trinajstić information content (AvgIpc) is 3.13. The first-order valence-electron chi connectivity index (χ1n) is 8.37. The van der Waals surface area contributed by atoms with Crippen LogP contribution >= 0.6 is 0 Å². The molecule has 0 atom stereocenters. The van der Waals surface area contributed by atoms with Crippen LogP contribution < -0.4 is 5.46 Å². The summed E-state index contributed by atoms with van der Waals surface area (Å²) >= 11 is 0. The van der Waals surface area contributed by atoms with Crippen molar-refractivity contribution in [2.24, 2.45) is 0 Å². The van der Waals surface area contributed by atoms with Gasteiger partial charge in [0, 0.05) is 12.4 Å². The Kier molecular flexibility index (Phi) is 3.22. The Morgan fingerprint density at radius 1 is 1.13 bits per heavy atom. The zero-order chi connectivity index (χ0) is 16.2. The predicted octanol–water partition coefficient (Wildman–Crippen LogP) is 3.05. The van der Waals surface area contributed by atoms with Gasteiger partial charge in [0.1, 0.15) is 0 Å². The van der Waals surface area contributed by atoms with Crippen molar-refractivity contribution in [1.29, 1.82) is 0 Å². The second-order valence-corrected chi connectivity index (χ2v) is 7.63. The highest BCUT2D eigenvalue weighted by molar-refractivity contribution is 6.62. The highest BCUT2D eigenvalue weighted by Gasteiger charge is 2.52. The fourth-order valence-electron chi connectivity index (χ4n) is 3.07. The lowest BCUT2D eigenvalue weighted by Crippen LogP contribution is -2.41. The third-order valence-electron chi connectivity index (χ3n) is 5.36. The Labute approximate surface area is 137 Å². The van der Waals surface area contributed by atoms with E-state index < -0.39 is 0 Å². The molecule has 1 aromatic heterocycles. The summed E-state index contributed by atoms with van der Waals surface area (Å²) in [4.78, 5) is 0. The molecule has 2 fully saturated rings. The van der Waals surface area contributed by atoms with Gasteiger partial charge in [0.05, 0.1) is 16.9 Å². The molecule has 2 aliphatic rings. The molecule has 2 heterocycles. The topological polar surface area (TPSA) is 36.3 Å². The molecule has 0 spiro atoms. The van der Waals surface area contributed by atoms with Crippen LogP contribution in [0.1, 0.15) is 52.0 Å². The van der Waals surface area contributed by atoms with E-state index in [1.54, 1.807) is 6.20 Å². The first kappa shape index (κ1) is 15.0. The fourth-order valence-corrected chi connectivity index (χ4v) is 3.07. The Bertz CT molecular complexity index is 705. The quantitative estimate of drug-likeness (QED) is 0.818. The van der Waals surface area contributed by atoms with Gasteiger partial charge in [0.25, 0.3) is 0 Å².